The predicted octanol–water partition coefficient (Wildman–Crippen LogP) is 2.49. The third-order valence-corrected chi connectivity index (χ3v) is 1.89. The second kappa shape index (κ2) is 4.32. The van der Waals surface area contributed by atoms with E-state index in [2.05, 4.69) is 9.72 Å². The van der Waals surface area contributed by atoms with Gasteiger partial charge in [-0.05, 0) is 0 Å². The summed E-state index contributed by atoms with van der Waals surface area (Å²) in [6.07, 6.45) is -1.48. The Morgan fingerprint density at radius 3 is 2.71 bits per heavy atom. The summed E-state index contributed by atoms with van der Waals surface area (Å²) in [4.78, 5) is 14.0. The number of carbonyl (C=O) groups excluding carboxylic acids is 1. The Labute approximate surface area is 83.7 Å². The minimum absolute atomic E-state index is 0.188. The van der Waals surface area contributed by atoms with Gasteiger partial charge in [0.25, 0.3) is 6.43 Å². The first kappa shape index (κ1) is 10.8. The highest BCUT2D eigenvalue weighted by atomic mass is 35.5. The van der Waals surface area contributed by atoms with Crippen LogP contribution in [0.3, 0.4) is 0 Å². The van der Waals surface area contributed by atoms with Gasteiger partial charge in [0.05, 0.1) is 17.7 Å². The molecule has 3 nitrogen and oxygen atoms in total. The maximum atomic E-state index is 12.5. The quantitative estimate of drug-likeness (QED) is 0.736. The highest BCUT2D eigenvalue weighted by molar-refractivity contribution is 6.31. The van der Waals surface area contributed by atoms with Crippen molar-refractivity contribution in [2.45, 2.75) is 6.43 Å². The highest BCUT2D eigenvalue weighted by Gasteiger charge is 2.21. The molecule has 0 atom stereocenters. The van der Waals surface area contributed by atoms with E-state index in [4.69, 9.17) is 11.6 Å². The molecule has 1 rings (SSSR count). The molecule has 1 heterocycles. The van der Waals surface area contributed by atoms with Crippen molar-refractivity contribution < 1.29 is 18.3 Å². The van der Waals surface area contributed by atoms with Gasteiger partial charge in [-0.25, -0.2) is 13.8 Å². The van der Waals surface area contributed by atoms with Crippen LogP contribution in [0.25, 0.3) is 0 Å². The predicted molar refractivity (Wildman–Crippen MR) is 46.1 cm³/mol. The third-order valence-electron chi connectivity index (χ3n) is 1.59. The van der Waals surface area contributed by atoms with Crippen molar-refractivity contribution in [3.05, 3.63) is 22.5 Å². The molecule has 1 aromatic heterocycles. The SMILES string of the molecule is COc1c(C=O)ncc(Cl)c1C(F)F. The molecule has 6 heteroatoms. The Bertz CT molecular complexity index is 357. The number of pyridine rings is 1. The summed E-state index contributed by atoms with van der Waals surface area (Å²) in [6.45, 7) is 0. The summed E-state index contributed by atoms with van der Waals surface area (Å²) in [7, 11) is 1.17. The van der Waals surface area contributed by atoms with Gasteiger partial charge in [-0.2, -0.15) is 0 Å². The summed E-state index contributed by atoms with van der Waals surface area (Å²) in [5.74, 6) is -0.275. The van der Waals surface area contributed by atoms with Crippen LogP contribution in [0.1, 0.15) is 22.5 Å². The van der Waals surface area contributed by atoms with Crippen LogP contribution in [-0.4, -0.2) is 18.4 Å². The number of ether oxygens (including phenoxy) is 1. The first-order valence-electron chi connectivity index (χ1n) is 3.57. The third kappa shape index (κ3) is 1.82. The van der Waals surface area contributed by atoms with E-state index in [0.29, 0.717) is 6.29 Å². The van der Waals surface area contributed by atoms with Crippen LogP contribution in [0.2, 0.25) is 5.02 Å². The first-order valence-corrected chi connectivity index (χ1v) is 3.95. The summed E-state index contributed by atoms with van der Waals surface area (Å²) < 4.78 is 29.6. The molecule has 0 aliphatic carbocycles. The van der Waals surface area contributed by atoms with Crippen LogP contribution in [0.4, 0.5) is 8.78 Å². The van der Waals surface area contributed by atoms with Crippen molar-refractivity contribution in [1.82, 2.24) is 4.98 Å². The summed E-state index contributed by atoms with van der Waals surface area (Å²) in [5.41, 5.74) is -0.696. The van der Waals surface area contributed by atoms with Crippen molar-refractivity contribution in [3.8, 4) is 5.75 Å². The lowest BCUT2D eigenvalue weighted by Crippen LogP contribution is -2.00. The van der Waals surface area contributed by atoms with Crippen LogP contribution in [0.15, 0.2) is 6.20 Å². The Morgan fingerprint density at radius 2 is 2.29 bits per heavy atom. The van der Waals surface area contributed by atoms with E-state index in [1.54, 1.807) is 0 Å². The number of rotatable bonds is 3. The second-order valence-corrected chi connectivity index (χ2v) is 2.76. The average molecular weight is 222 g/mol. The minimum atomic E-state index is -2.81. The fraction of sp³-hybridized carbons (Fsp3) is 0.250. The van der Waals surface area contributed by atoms with Crippen LogP contribution < -0.4 is 4.74 Å². The van der Waals surface area contributed by atoms with Gasteiger partial charge in [-0.15, -0.1) is 0 Å². The number of halogens is 3. The number of methoxy groups -OCH3 is 1. The van der Waals surface area contributed by atoms with Crippen LogP contribution >= 0.6 is 11.6 Å². The van der Waals surface area contributed by atoms with E-state index in [-0.39, 0.29) is 16.5 Å². The molecule has 0 amide bonds. The van der Waals surface area contributed by atoms with Crippen molar-refractivity contribution in [2.24, 2.45) is 0 Å². The molecule has 0 spiro atoms. The number of aromatic nitrogens is 1. The van der Waals surface area contributed by atoms with E-state index in [1.807, 2.05) is 0 Å². The summed E-state index contributed by atoms with van der Waals surface area (Å²) in [5, 5.41) is -0.220. The van der Waals surface area contributed by atoms with E-state index >= 15 is 0 Å². The molecule has 0 aliphatic heterocycles. The zero-order chi connectivity index (χ0) is 10.7. The first-order chi connectivity index (χ1) is 6.61. The molecule has 14 heavy (non-hydrogen) atoms. The van der Waals surface area contributed by atoms with Gasteiger partial charge in [-0.3, -0.25) is 4.79 Å². The highest BCUT2D eigenvalue weighted by Crippen LogP contribution is 2.35. The Kier molecular flexibility index (Phi) is 3.35. The van der Waals surface area contributed by atoms with E-state index in [1.165, 1.54) is 7.11 Å². The number of alkyl halides is 2. The summed E-state index contributed by atoms with van der Waals surface area (Å²) >= 11 is 5.49. The molecule has 0 unspecified atom stereocenters. The van der Waals surface area contributed by atoms with E-state index in [9.17, 15) is 13.6 Å². The van der Waals surface area contributed by atoms with Crippen molar-refractivity contribution in [2.75, 3.05) is 7.11 Å². The minimum Gasteiger partial charge on any atom is -0.494 e. The molecule has 1 aromatic rings. The zero-order valence-electron chi connectivity index (χ0n) is 7.13. The lowest BCUT2D eigenvalue weighted by atomic mass is 10.2. The van der Waals surface area contributed by atoms with Gasteiger partial charge in [-0.1, -0.05) is 11.6 Å². The molecular weight excluding hydrogens is 216 g/mol. The number of hydrogen-bond donors (Lipinski definition) is 0. The van der Waals surface area contributed by atoms with Gasteiger partial charge in [0.15, 0.2) is 12.0 Å². The van der Waals surface area contributed by atoms with Gasteiger partial charge in [0.1, 0.15) is 5.69 Å². The van der Waals surface area contributed by atoms with Crippen LogP contribution in [0, 0.1) is 0 Å². The number of hydrogen-bond acceptors (Lipinski definition) is 3. The van der Waals surface area contributed by atoms with Gasteiger partial charge >= 0.3 is 0 Å². The maximum Gasteiger partial charge on any atom is 0.268 e. The van der Waals surface area contributed by atoms with Crippen molar-refractivity contribution in [1.29, 1.82) is 0 Å². The molecule has 0 saturated carbocycles. The molecule has 0 radical (unpaired) electrons. The molecule has 0 aliphatic rings. The zero-order valence-corrected chi connectivity index (χ0v) is 7.89. The molecule has 76 valence electrons. The van der Waals surface area contributed by atoms with Crippen molar-refractivity contribution in [3.63, 3.8) is 0 Å². The van der Waals surface area contributed by atoms with E-state index in [0.717, 1.165) is 6.20 Å². The average Bonchev–Trinajstić information content (AvgIpc) is 2.16. The lowest BCUT2D eigenvalue weighted by Gasteiger charge is -2.10. The topological polar surface area (TPSA) is 39.2 Å². The Balaban J connectivity index is 3.42. The lowest BCUT2D eigenvalue weighted by molar-refractivity contribution is 0.111. The van der Waals surface area contributed by atoms with Crippen LogP contribution in [0.5, 0.6) is 5.75 Å². The van der Waals surface area contributed by atoms with E-state index < -0.39 is 12.0 Å². The largest absolute Gasteiger partial charge is 0.494 e. The Morgan fingerprint density at radius 1 is 1.64 bits per heavy atom. The Hall–Kier alpha value is -1.23. The normalized spacial score (nSPS) is 10.4. The van der Waals surface area contributed by atoms with Gasteiger partial charge < -0.3 is 4.74 Å². The smallest absolute Gasteiger partial charge is 0.268 e. The van der Waals surface area contributed by atoms with Crippen LogP contribution in [-0.2, 0) is 0 Å². The van der Waals surface area contributed by atoms with Gasteiger partial charge in [0, 0.05) is 6.20 Å². The number of aldehydes is 1. The summed E-state index contributed by atoms with van der Waals surface area (Å²) in [6, 6.07) is 0. The maximum absolute atomic E-state index is 12.5. The fourth-order valence-corrected chi connectivity index (χ4v) is 1.22. The van der Waals surface area contributed by atoms with Gasteiger partial charge in [0.2, 0.25) is 0 Å². The molecule has 0 bridgehead atoms. The molecular formula is C8H6ClF2NO2. The molecule has 0 fully saturated rings. The molecule has 0 saturated heterocycles. The molecule has 0 aromatic carbocycles. The fourth-order valence-electron chi connectivity index (χ4n) is 1.00. The standard InChI is InChI=1S/C8H6ClF2NO2/c1-14-7-5(3-13)12-2-4(9)6(7)8(10)11/h2-3,8H,1H3. The number of nitrogens with zero attached hydrogens (tertiary/aromatic N) is 1. The van der Waals surface area contributed by atoms with Crippen molar-refractivity contribution >= 4 is 17.9 Å². The molecule has 0 N–H and O–H groups in total. The second-order valence-electron chi connectivity index (χ2n) is 2.36. The number of carbonyl (C=O) groups is 1. The monoisotopic (exact) mass is 221 g/mol.